The Morgan fingerprint density at radius 1 is 1.15 bits per heavy atom. The van der Waals surface area contributed by atoms with E-state index in [1.54, 1.807) is 10.9 Å². The maximum absolute atomic E-state index is 12.7. The summed E-state index contributed by atoms with van der Waals surface area (Å²) < 4.78 is 1.57. The number of nitrogens with zero attached hydrogens (tertiary/aromatic N) is 6. The van der Waals surface area contributed by atoms with Gasteiger partial charge in [0, 0.05) is 36.9 Å². The van der Waals surface area contributed by atoms with Crippen LogP contribution < -0.4 is 4.90 Å². The lowest BCUT2D eigenvalue weighted by Crippen LogP contribution is -2.49. The van der Waals surface area contributed by atoms with Crippen LogP contribution in [0.25, 0.3) is 11.0 Å². The molecule has 0 radical (unpaired) electrons. The fraction of sp³-hybridized carbons (Fsp3) is 0.333. The van der Waals surface area contributed by atoms with Crippen LogP contribution >= 0.6 is 23.2 Å². The van der Waals surface area contributed by atoms with Crippen LogP contribution in [-0.4, -0.2) is 56.7 Å². The van der Waals surface area contributed by atoms with Crippen LogP contribution in [0.15, 0.2) is 30.7 Å². The number of piperazine rings is 1. The molecule has 27 heavy (non-hydrogen) atoms. The zero-order valence-electron chi connectivity index (χ0n) is 14.8. The van der Waals surface area contributed by atoms with E-state index in [1.165, 1.54) is 6.33 Å². The number of carbonyl (C=O) groups excluding carboxylic acids is 1. The van der Waals surface area contributed by atoms with Gasteiger partial charge < -0.3 is 9.80 Å². The predicted molar refractivity (Wildman–Crippen MR) is 105 cm³/mol. The minimum absolute atomic E-state index is 0.0154. The Labute approximate surface area is 166 Å². The number of fused-ring (bicyclic) bond motifs is 1. The van der Waals surface area contributed by atoms with Crippen LogP contribution in [0.3, 0.4) is 0 Å². The SMILES string of the molecule is Cc1cc(N2CCN(C(=O)Cn3ncc4c(Cl)ncnc43)CC2)ccc1Cl. The zero-order valence-corrected chi connectivity index (χ0v) is 16.3. The maximum atomic E-state index is 12.7. The summed E-state index contributed by atoms with van der Waals surface area (Å²) in [6, 6.07) is 6.02. The van der Waals surface area contributed by atoms with Crippen molar-refractivity contribution in [1.29, 1.82) is 0 Å². The van der Waals surface area contributed by atoms with Crippen molar-refractivity contribution in [2.75, 3.05) is 31.1 Å². The molecule has 1 amide bonds. The molecule has 0 bridgehead atoms. The molecule has 0 atom stereocenters. The minimum atomic E-state index is 0.0154. The number of hydrogen-bond acceptors (Lipinski definition) is 5. The number of halogens is 2. The number of amides is 1. The van der Waals surface area contributed by atoms with Crippen LogP contribution in [0.1, 0.15) is 5.56 Å². The van der Waals surface area contributed by atoms with Gasteiger partial charge in [0.25, 0.3) is 0 Å². The molecule has 140 valence electrons. The molecule has 0 aliphatic carbocycles. The highest BCUT2D eigenvalue weighted by molar-refractivity contribution is 6.33. The Kier molecular flexibility index (Phi) is 4.88. The van der Waals surface area contributed by atoms with Crippen molar-refractivity contribution < 1.29 is 4.79 Å². The van der Waals surface area contributed by atoms with Crippen molar-refractivity contribution in [3.63, 3.8) is 0 Å². The summed E-state index contributed by atoms with van der Waals surface area (Å²) in [7, 11) is 0. The van der Waals surface area contributed by atoms with Gasteiger partial charge >= 0.3 is 0 Å². The highest BCUT2D eigenvalue weighted by Crippen LogP contribution is 2.24. The number of benzene rings is 1. The Balaban J connectivity index is 1.41. The summed E-state index contributed by atoms with van der Waals surface area (Å²) in [4.78, 5) is 24.9. The molecule has 9 heteroatoms. The molecule has 0 saturated carbocycles. The van der Waals surface area contributed by atoms with E-state index in [-0.39, 0.29) is 12.5 Å². The number of rotatable bonds is 3. The molecule has 2 aromatic heterocycles. The first-order valence-corrected chi connectivity index (χ1v) is 9.39. The molecule has 7 nitrogen and oxygen atoms in total. The molecule has 4 rings (SSSR count). The van der Waals surface area contributed by atoms with E-state index in [2.05, 4.69) is 26.0 Å². The normalized spacial score (nSPS) is 14.8. The fourth-order valence-corrected chi connectivity index (χ4v) is 3.54. The van der Waals surface area contributed by atoms with Crippen molar-refractivity contribution >= 4 is 45.8 Å². The third kappa shape index (κ3) is 3.57. The molecule has 1 saturated heterocycles. The van der Waals surface area contributed by atoms with E-state index >= 15 is 0 Å². The van der Waals surface area contributed by atoms with Crippen molar-refractivity contribution in [3.05, 3.63) is 46.5 Å². The van der Waals surface area contributed by atoms with Gasteiger partial charge in [0.15, 0.2) is 5.65 Å². The summed E-state index contributed by atoms with van der Waals surface area (Å²) in [6.07, 6.45) is 2.96. The van der Waals surface area contributed by atoms with Gasteiger partial charge in [-0.3, -0.25) is 4.79 Å². The van der Waals surface area contributed by atoms with Crippen LogP contribution in [0, 0.1) is 6.92 Å². The zero-order chi connectivity index (χ0) is 19.0. The van der Waals surface area contributed by atoms with E-state index in [0.29, 0.717) is 29.3 Å². The smallest absolute Gasteiger partial charge is 0.244 e. The average Bonchev–Trinajstić information content (AvgIpc) is 3.08. The average molecular weight is 405 g/mol. The predicted octanol–water partition coefficient (Wildman–Crippen LogP) is 2.79. The highest BCUT2D eigenvalue weighted by Gasteiger charge is 2.22. The Hall–Kier alpha value is -2.38. The van der Waals surface area contributed by atoms with Gasteiger partial charge in [0.2, 0.25) is 5.91 Å². The number of hydrogen-bond donors (Lipinski definition) is 0. The summed E-state index contributed by atoms with van der Waals surface area (Å²) in [5, 5.41) is 5.98. The molecule has 1 aliphatic rings. The summed E-state index contributed by atoms with van der Waals surface area (Å²) in [6.45, 7) is 5.01. The van der Waals surface area contributed by atoms with Gasteiger partial charge in [-0.25, -0.2) is 14.6 Å². The first kappa shape index (κ1) is 18.0. The third-order valence-electron chi connectivity index (χ3n) is 4.81. The van der Waals surface area contributed by atoms with Crippen molar-refractivity contribution in [3.8, 4) is 0 Å². The Morgan fingerprint density at radius 2 is 1.93 bits per heavy atom. The lowest BCUT2D eigenvalue weighted by atomic mass is 10.2. The fourth-order valence-electron chi connectivity index (χ4n) is 3.25. The molecule has 1 aromatic carbocycles. The number of aryl methyl sites for hydroxylation is 1. The number of aromatic nitrogens is 4. The van der Waals surface area contributed by atoms with E-state index in [9.17, 15) is 4.79 Å². The summed E-state index contributed by atoms with van der Waals surface area (Å²) in [5.41, 5.74) is 2.76. The van der Waals surface area contributed by atoms with Crippen molar-refractivity contribution in [2.45, 2.75) is 13.5 Å². The van der Waals surface area contributed by atoms with Gasteiger partial charge in [-0.1, -0.05) is 23.2 Å². The second-order valence-corrected chi connectivity index (χ2v) is 7.27. The van der Waals surface area contributed by atoms with Crippen molar-refractivity contribution in [2.24, 2.45) is 0 Å². The number of carbonyl (C=O) groups is 1. The van der Waals surface area contributed by atoms with Gasteiger partial charge in [0.1, 0.15) is 18.0 Å². The largest absolute Gasteiger partial charge is 0.368 e. The Morgan fingerprint density at radius 3 is 2.67 bits per heavy atom. The molecule has 1 aliphatic heterocycles. The van der Waals surface area contributed by atoms with E-state index in [4.69, 9.17) is 23.2 Å². The lowest BCUT2D eigenvalue weighted by molar-refractivity contribution is -0.132. The van der Waals surface area contributed by atoms with E-state index in [1.807, 2.05) is 24.0 Å². The van der Waals surface area contributed by atoms with Gasteiger partial charge in [0.05, 0.1) is 11.6 Å². The monoisotopic (exact) mass is 404 g/mol. The molecule has 3 aromatic rings. The van der Waals surface area contributed by atoms with E-state index < -0.39 is 0 Å². The third-order valence-corrected chi connectivity index (χ3v) is 5.53. The van der Waals surface area contributed by atoms with Crippen LogP contribution in [0.2, 0.25) is 10.2 Å². The summed E-state index contributed by atoms with van der Waals surface area (Å²) in [5.74, 6) is 0.0154. The first-order chi connectivity index (χ1) is 13.0. The van der Waals surface area contributed by atoms with Gasteiger partial charge in [-0.15, -0.1) is 0 Å². The molecule has 1 fully saturated rings. The van der Waals surface area contributed by atoms with Gasteiger partial charge in [-0.05, 0) is 30.7 Å². The molecule has 3 heterocycles. The van der Waals surface area contributed by atoms with Crippen LogP contribution in [-0.2, 0) is 11.3 Å². The molecular weight excluding hydrogens is 387 g/mol. The molecule has 0 spiro atoms. The quantitative estimate of drug-likeness (QED) is 0.627. The lowest BCUT2D eigenvalue weighted by Gasteiger charge is -2.36. The molecule has 0 unspecified atom stereocenters. The summed E-state index contributed by atoms with van der Waals surface area (Å²) >= 11 is 12.1. The Bertz CT molecular complexity index is 997. The molecular formula is C18H18Cl2N6O. The second kappa shape index (κ2) is 7.32. The number of anilines is 1. The van der Waals surface area contributed by atoms with Crippen molar-refractivity contribution in [1.82, 2.24) is 24.6 Å². The van der Waals surface area contributed by atoms with Gasteiger partial charge in [-0.2, -0.15) is 5.10 Å². The van der Waals surface area contributed by atoms with E-state index in [0.717, 1.165) is 29.4 Å². The van der Waals surface area contributed by atoms with Crippen LogP contribution in [0.4, 0.5) is 5.69 Å². The topological polar surface area (TPSA) is 67.2 Å². The maximum Gasteiger partial charge on any atom is 0.244 e. The van der Waals surface area contributed by atoms with Crippen LogP contribution in [0.5, 0.6) is 0 Å². The molecule has 0 N–H and O–H groups in total. The second-order valence-electron chi connectivity index (χ2n) is 6.51. The first-order valence-electron chi connectivity index (χ1n) is 8.64. The minimum Gasteiger partial charge on any atom is -0.368 e. The highest BCUT2D eigenvalue weighted by atomic mass is 35.5. The standard InChI is InChI=1S/C18H18Cl2N6O/c1-12-8-13(2-3-15(12)19)24-4-6-25(7-5-24)16(27)10-26-18-14(9-23-26)17(20)21-11-22-18/h2-3,8-9,11H,4-7,10H2,1H3.